The number of hydrogen-bond acceptors (Lipinski definition) is 5. The van der Waals surface area contributed by atoms with E-state index < -0.39 is 5.97 Å². The van der Waals surface area contributed by atoms with Crippen molar-refractivity contribution in [2.45, 2.75) is 32.6 Å². The van der Waals surface area contributed by atoms with Crippen LogP contribution in [-0.4, -0.2) is 33.7 Å². The Balaban J connectivity index is 1.72. The van der Waals surface area contributed by atoms with Gasteiger partial charge in [-0.1, -0.05) is 5.16 Å². The molecule has 1 heterocycles. The maximum absolute atomic E-state index is 11.8. The molecule has 1 aliphatic carbocycles. The molecule has 0 radical (unpaired) electrons. The topological polar surface area (TPSA) is 105 Å². The van der Waals surface area contributed by atoms with Crippen LogP contribution in [0, 0.1) is 18.8 Å². The van der Waals surface area contributed by atoms with Crippen molar-refractivity contribution in [1.82, 2.24) is 15.5 Å². The second-order valence-corrected chi connectivity index (χ2v) is 4.82. The molecule has 19 heavy (non-hydrogen) atoms. The van der Waals surface area contributed by atoms with Crippen molar-refractivity contribution in [2.24, 2.45) is 11.8 Å². The quantitative estimate of drug-likeness (QED) is 0.806. The van der Waals surface area contributed by atoms with Crippen molar-refractivity contribution >= 4 is 11.9 Å². The molecule has 0 aliphatic heterocycles. The zero-order valence-electron chi connectivity index (χ0n) is 10.8. The number of nitrogens with one attached hydrogen (secondary N) is 1. The molecule has 0 spiro atoms. The van der Waals surface area contributed by atoms with Gasteiger partial charge in [0.05, 0.1) is 5.92 Å². The van der Waals surface area contributed by atoms with E-state index in [1.54, 1.807) is 6.92 Å². The van der Waals surface area contributed by atoms with Crippen molar-refractivity contribution in [2.75, 3.05) is 6.54 Å². The summed E-state index contributed by atoms with van der Waals surface area (Å²) in [5.74, 6) is -0.398. The van der Waals surface area contributed by atoms with Gasteiger partial charge in [0.15, 0.2) is 5.82 Å². The lowest BCUT2D eigenvalue weighted by Gasteiger charge is -2.09. The van der Waals surface area contributed by atoms with Crippen LogP contribution in [0.3, 0.4) is 0 Å². The lowest BCUT2D eigenvalue weighted by atomic mass is 10.0. The van der Waals surface area contributed by atoms with Gasteiger partial charge in [-0.2, -0.15) is 4.98 Å². The first-order chi connectivity index (χ1) is 9.06. The van der Waals surface area contributed by atoms with Crippen LogP contribution in [-0.2, 0) is 16.0 Å². The lowest BCUT2D eigenvalue weighted by molar-refractivity contribution is -0.141. The van der Waals surface area contributed by atoms with Crippen LogP contribution >= 0.6 is 0 Å². The van der Waals surface area contributed by atoms with Crippen LogP contribution in [0.25, 0.3) is 0 Å². The fraction of sp³-hybridized carbons (Fsp3) is 0.667. The minimum Gasteiger partial charge on any atom is -0.481 e. The normalized spacial score (nSPS) is 22.4. The molecule has 1 aromatic rings. The molecule has 0 aromatic carbocycles. The first kappa shape index (κ1) is 13.5. The van der Waals surface area contributed by atoms with Gasteiger partial charge in [0.2, 0.25) is 11.8 Å². The molecule has 1 aromatic heterocycles. The van der Waals surface area contributed by atoms with Crippen LogP contribution in [0.4, 0.5) is 0 Å². The van der Waals surface area contributed by atoms with E-state index in [2.05, 4.69) is 15.5 Å². The summed E-state index contributed by atoms with van der Waals surface area (Å²) < 4.78 is 4.93. The molecule has 0 saturated heterocycles. The molecule has 104 valence electrons. The van der Waals surface area contributed by atoms with E-state index in [1.165, 1.54) is 0 Å². The van der Waals surface area contributed by atoms with Gasteiger partial charge >= 0.3 is 5.97 Å². The number of aromatic nitrogens is 2. The minimum atomic E-state index is -0.809. The minimum absolute atomic E-state index is 0.0833. The van der Waals surface area contributed by atoms with Crippen LogP contribution in [0.15, 0.2) is 4.52 Å². The number of rotatable bonds is 5. The van der Waals surface area contributed by atoms with Gasteiger partial charge in [0.1, 0.15) is 0 Å². The molecule has 2 atom stereocenters. The van der Waals surface area contributed by atoms with Gasteiger partial charge in [-0.15, -0.1) is 0 Å². The van der Waals surface area contributed by atoms with Crippen LogP contribution in [0.2, 0.25) is 0 Å². The number of carboxylic acids is 1. The Morgan fingerprint density at radius 1 is 1.42 bits per heavy atom. The molecule has 2 unspecified atom stereocenters. The number of amides is 1. The lowest BCUT2D eigenvalue weighted by Crippen LogP contribution is -2.31. The van der Waals surface area contributed by atoms with E-state index in [0.717, 1.165) is 0 Å². The first-order valence-corrected chi connectivity index (χ1v) is 6.36. The zero-order chi connectivity index (χ0) is 13.8. The van der Waals surface area contributed by atoms with E-state index >= 15 is 0 Å². The second-order valence-electron chi connectivity index (χ2n) is 4.82. The number of carbonyl (C=O) groups excluding carboxylic acids is 1. The summed E-state index contributed by atoms with van der Waals surface area (Å²) in [5.41, 5.74) is 0. The molecule has 7 nitrogen and oxygen atoms in total. The summed E-state index contributed by atoms with van der Waals surface area (Å²) in [4.78, 5) is 26.7. The molecule has 1 saturated carbocycles. The predicted molar refractivity (Wildman–Crippen MR) is 64.2 cm³/mol. The van der Waals surface area contributed by atoms with Gasteiger partial charge in [-0.3, -0.25) is 9.59 Å². The van der Waals surface area contributed by atoms with E-state index in [-0.39, 0.29) is 17.7 Å². The summed E-state index contributed by atoms with van der Waals surface area (Å²) in [7, 11) is 0. The van der Waals surface area contributed by atoms with Crippen LogP contribution < -0.4 is 5.32 Å². The Labute approximate surface area is 110 Å². The first-order valence-electron chi connectivity index (χ1n) is 6.36. The molecular formula is C12H17N3O4. The summed E-state index contributed by atoms with van der Waals surface area (Å²) >= 11 is 0. The average Bonchev–Trinajstić information content (AvgIpc) is 2.98. The third kappa shape index (κ3) is 3.52. The van der Waals surface area contributed by atoms with Crippen molar-refractivity contribution in [1.29, 1.82) is 0 Å². The monoisotopic (exact) mass is 267 g/mol. The fourth-order valence-corrected chi connectivity index (χ4v) is 2.32. The maximum atomic E-state index is 11.8. The van der Waals surface area contributed by atoms with Crippen LogP contribution in [0.1, 0.15) is 31.0 Å². The molecular weight excluding hydrogens is 250 g/mol. The highest BCUT2D eigenvalue weighted by Crippen LogP contribution is 2.30. The van der Waals surface area contributed by atoms with E-state index in [0.29, 0.717) is 43.9 Å². The van der Waals surface area contributed by atoms with Crippen molar-refractivity contribution in [3.8, 4) is 0 Å². The highest BCUT2D eigenvalue weighted by molar-refractivity contribution is 5.80. The van der Waals surface area contributed by atoms with Gasteiger partial charge in [-0.05, 0) is 26.2 Å². The third-order valence-corrected chi connectivity index (χ3v) is 3.36. The number of aryl methyl sites for hydroxylation is 1. The second kappa shape index (κ2) is 5.81. The van der Waals surface area contributed by atoms with Crippen molar-refractivity contribution in [3.63, 3.8) is 0 Å². The third-order valence-electron chi connectivity index (χ3n) is 3.36. The number of hydrogen-bond donors (Lipinski definition) is 2. The number of aliphatic carboxylic acids is 1. The molecule has 2 N–H and O–H groups in total. The molecule has 7 heteroatoms. The number of nitrogens with zero attached hydrogens (tertiary/aromatic N) is 2. The summed E-state index contributed by atoms with van der Waals surface area (Å²) in [6.07, 6.45) is 2.14. The molecule has 1 fully saturated rings. The number of carboxylic acid groups (broad SMARTS) is 1. The standard InChI is InChI=1S/C12H17N3O4/c1-7-14-10(19-15-7)4-5-13-11(16)8-2-3-9(6-8)12(17)18/h8-9H,2-6H2,1H3,(H,13,16)(H,17,18). The molecule has 2 rings (SSSR count). The average molecular weight is 267 g/mol. The molecule has 1 aliphatic rings. The SMILES string of the molecule is Cc1noc(CCNC(=O)C2CCC(C(=O)O)C2)n1. The van der Waals surface area contributed by atoms with E-state index in [9.17, 15) is 9.59 Å². The zero-order valence-corrected chi connectivity index (χ0v) is 10.8. The van der Waals surface area contributed by atoms with E-state index in [1.807, 2.05) is 0 Å². The largest absolute Gasteiger partial charge is 0.481 e. The number of carbonyl (C=O) groups is 2. The summed E-state index contributed by atoms with van der Waals surface area (Å²) in [6.45, 7) is 2.16. The smallest absolute Gasteiger partial charge is 0.306 e. The van der Waals surface area contributed by atoms with Gasteiger partial charge < -0.3 is 14.9 Å². The molecule has 1 amide bonds. The predicted octanol–water partition coefficient (Wildman–Crippen LogP) is 0.538. The van der Waals surface area contributed by atoms with Crippen molar-refractivity contribution in [3.05, 3.63) is 11.7 Å². The fourth-order valence-electron chi connectivity index (χ4n) is 2.32. The van der Waals surface area contributed by atoms with Gasteiger partial charge in [-0.25, -0.2) is 0 Å². The van der Waals surface area contributed by atoms with E-state index in [4.69, 9.17) is 9.63 Å². The highest BCUT2D eigenvalue weighted by atomic mass is 16.5. The van der Waals surface area contributed by atoms with Crippen LogP contribution in [0.5, 0.6) is 0 Å². The Kier molecular flexibility index (Phi) is 4.13. The Hall–Kier alpha value is -1.92. The van der Waals surface area contributed by atoms with Gasteiger partial charge in [0.25, 0.3) is 0 Å². The maximum Gasteiger partial charge on any atom is 0.306 e. The summed E-state index contributed by atoms with van der Waals surface area (Å²) in [5, 5.41) is 15.3. The highest BCUT2D eigenvalue weighted by Gasteiger charge is 2.33. The van der Waals surface area contributed by atoms with Crippen molar-refractivity contribution < 1.29 is 19.2 Å². The van der Waals surface area contributed by atoms with Gasteiger partial charge in [0, 0.05) is 18.9 Å². The molecule has 0 bridgehead atoms. The Bertz CT molecular complexity index is 471. The summed E-state index contributed by atoms with van der Waals surface area (Å²) in [6, 6.07) is 0. The Morgan fingerprint density at radius 3 is 2.74 bits per heavy atom. The Morgan fingerprint density at radius 2 is 2.16 bits per heavy atom.